The number of aryl methyl sites for hydroxylation is 1. The van der Waals surface area contributed by atoms with Gasteiger partial charge in [0.05, 0.1) is 16.5 Å². The number of nitro benzene ring substituents is 1. The van der Waals surface area contributed by atoms with E-state index in [1.165, 1.54) is 17.0 Å². The molecule has 0 bridgehead atoms. The van der Waals surface area contributed by atoms with Crippen molar-refractivity contribution in [2.45, 2.75) is 58.9 Å². The van der Waals surface area contributed by atoms with Crippen molar-refractivity contribution in [2.75, 3.05) is 26.2 Å². The van der Waals surface area contributed by atoms with Crippen molar-refractivity contribution < 1.29 is 19.6 Å². The van der Waals surface area contributed by atoms with E-state index in [-0.39, 0.29) is 17.0 Å². The molecular formula is C29H37N3O5. The molecule has 198 valence electrons. The van der Waals surface area contributed by atoms with Crippen LogP contribution < -0.4 is 0 Å². The van der Waals surface area contributed by atoms with Crippen molar-refractivity contribution in [2.24, 2.45) is 0 Å². The van der Waals surface area contributed by atoms with Crippen molar-refractivity contribution in [3.63, 3.8) is 0 Å². The van der Waals surface area contributed by atoms with Crippen LogP contribution in [0.3, 0.4) is 0 Å². The van der Waals surface area contributed by atoms with Crippen molar-refractivity contribution in [3.8, 4) is 0 Å². The normalized spacial score (nSPS) is 17.1. The van der Waals surface area contributed by atoms with Gasteiger partial charge in [-0.2, -0.15) is 0 Å². The number of carbonyl (C=O) groups is 2. The molecule has 1 aliphatic rings. The lowest BCUT2D eigenvalue weighted by atomic mass is 9.95. The highest BCUT2D eigenvalue weighted by Gasteiger charge is 2.45. The van der Waals surface area contributed by atoms with Gasteiger partial charge in [0.25, 0.3) is 17.4 Å². The number of carbonyl (C=O) groups excluding carboxylic acids is 2. The molecule has 0 spiro atoms. The summed E-state index contributed by atoms with van der Waals surface area (Å²) in [6, 6.07) is 12.1. The monoisotopic (exact) mass is 507 g/mol. The second-order valence-corrected chi connectivity index (χ2v) is 9.61. The SMILES string of the molecule is CCCCN(CCCC)CCCN1C(=O)C(=O)C(=C(O)c2ccc(C)cc2)[C@@H]1c1ccc([N+](=O)[O-])cc1. The number of aliphatic hydroxyl groups excluding tert-OH is 1. The Hall–Kier alpha value is -3.52. The molecule has 8 nitrogen and oxygen atoms in total. The molecule has 3 rings (SSSR count). The second-order valence-electron chi connectivity index (χ2n) is 9.61. The highest BCUT2D eigenvalue weighted by Crippen LogP contribution is 2.40. The van der Waals surface area contributed by atoms with Crippen LogP contribution in [-0.4, -0.2) is 57.7 Å². The minimum Gasteiger partial charge on any atom is -0.507 e. The number of Topliss-reactive ketones (excluding diaryl/α,β-unsaturated/α-hetero) is 1. The maximum Gasteiger partial charge on any atom is 0.295 e. The van der Waals surface area contributed by atoms with E-state index < -0.39 is 22.7 Å². The fourth-order valence-corrected chi connectivity index (χ4v) is 4.67. The molecule has 0 aliphatic carbocycles. The summed E-state index contributed by atoms with van der Waals surface area (Å²) in [5.74, 6) is -1.64. The van der Waals surface area contributed by atoms with Crippen LogP contribution >= 0.6 is 0 Å². The van der Waals surface area contributed by atoms with Gasteiger partial charge in [-0.25, -0.2) is 0 Å². The van der Waals surface area contributed by atoms with E-state index >= 15 is 0 Å². The molecule has 2 aromatic carbocycles. The average Bonchev–Trinajstić information content (AvgIpc) is 3.15. The molecule has 8 heteroatoms. The number of benzene rings is 2. The van der Waals surface area contributed by atoms with Crippen LogP contribution in [0, 0.1) is 17.0 Å². The average molecular weight is 508 g/mol. The molecule has 0 saturated carbocycles. The van der Waals surface area contributed by atoms with Crippen LogP contribution in [0.25, 0.3) is 5.76 Å². The number of nitrogens with zero attached hydrogens (tertiary/aromatic N) is 3. The van der Waals surface area contributed by atoms with E-state index in [0.29, 0.717) is 24.1 Å². The fraction of sp³-hybridized carbons (Fsp3) is 0.448. The Morgan fingerprint density at radius 3 is 2.05 bits per heavy atom. The summed E-state index contributed by atoms with van der Waals surface area (Å²) < 4.78 is 0. The van der Waals surface area contributed by atoms with Crippen molar-refractivity contribution in [1.82, 2.24) is 9.80 Å². The number of likely N-dealkylation sites (tertiary alicyclic amines) is 1. The minimum atomic E-state index is -0.818. The largest absolute Gasteiger partial charge is 0.507 e. The number of rotatable bonds is 13. The van der Waals surface area contributed by atoms with Gasteiger partial charge in [0, 0.05) is 24.2 Å². The lowest BCUT2D eigenvalue weighted by molar-refractivity contribution is -0.384. The zero-order chi connectivity index (χ0) is 26.9. The van der Waals surface area contributed by atoms with Gasteiger partial charge in [-0.3, -0.25) is 19.7 Å². The first-order valence-corrected chi connectivity index (χ1v) is 13.1. The molecule has 0 unspecified atom stereocenters. The molecular weight excluding hydrogens is 470 g/mol. The van der Waals surface area contributed by atoms with E-state index in [4.69, 9.17) is 0 Å². The summed E-state index contributed by atoms with van der Waals surface area (Å²) >= 11 is 0. The van der Waals surface area contributed by atoms with Crippen molar-refractivity contribution in [1.29, 1.82) is 0 Å². The lowest BCUT2D eigenvalue weighted by Crippen LogP contribution is -2.34. The quantitative estimate of drug-likeness (QED) is 0.124. The molecule has 2 aromatic rings. The topological polar surface area (TPSA) is 104 Å². The van der Waals surface area contributed by atoms with E-state index in [1.807, 2.05) is 19.1 Å². The van der Waals surface area contributed by atoms with Crippen LogP contribution in [0.15, 0.2) is 54.1 Å². The van der Waals surface area contributed by atoms with Crippen LogP contribution in [0.5, 0.6) is 0 Å². The number of aliphatic hydroxyl groups is 1. The van der Waals surface area contributed by atoms with Crippen molar-refractivity contribution in [3.05, 3.63) is 80.9 Å². The highest BCUT2D eigenvalue weighted by molar-refractivity contribution is 6.46. The first-order valence-electron chi connectivity index (χ1n) is 13.1. The molecule has 1 aliphatic heterocycles. The summed E-state index contributed by atoms with van der Waals surface area (Å²) in [6.45, 7) is 9.37. The molecule has 0 radical (unpaired) electrons. The predicted molar refractivity (Wildman–Crippen MR) is 144 cm³/mol. The van der Waals surface area contributed by atoms with E-state index in [1.54, 1.807) is 24.3 Å². The van der Waals surface area contributed by atoms with Crippen LogP contribution in [0.1, 0.15) is 68.7 Å². The van der Waals surface area contributed by atoms with Crippen LogP contribution in [0.4, 0.5) is 5.69 Å². The maximum atomic E-state index is 13.2. The van der Waals surface area contributed by atoms with Gasteiger partial charge < -0.3 is 14.9 Å². The van der Waals surface area contributed by atoms with Gasteiger partial charge in [0.2, 0.25) is 0 Å². The van der Waals surface area contributed by atoms with E-state index in [2.05, 4.69) is 18.7 Å². The number of ketones is 1. The van der Waals surface area contributed by atoms with Crippen LogP contribution in [-0.2, 0) is 9.59 Å². The first kappa shape index (κ1) is 28.1. The van der Waals surface area contributed by atoms with Gasteiger partial charge in [-0.1, -0.05) is 56.5 Å². The maximum absolute atomic E-state index is 13.2. The predicted octanol–water partition coefficient (Wildman–Crippen LogP) is 5.62. The molecule has 1 saturated heterocycles. The Labute approximate surface area is 218 Å². The Kier molecular flexibility index (Phi) is 9.97. The zero-order valence-corrected chi connectivity index (χ0v) is 22.0. The lowest BCUT2D eigenvalue weighted by Gasteiger charge is -2.27. The molecule has 0 aromatic heterocycles. The Bertz CT molecular complexity index is 1120. The third-order valence-electron chi connectivity index (χ3n) is 6.81. The van der Waals surface area contributed by atoms with Crippen LogP contribution in [0.2, 0.25) is 0 Å². The number of hydrogen-bond donors (Lipinski definition) is 1. The Morgan fingerprint density at radius 1 is 0.946 bits per heavy atom. The number of unbranched alkanes of at least 4 members (excludes halogenated alkanes) is 2. The summed E-state index contributed by atoms with van der Waals surface area (Å²) in [7, 11) is 0. The highest BCUT2D eigenvalue weighted by atomic mass is 16.6. The van der Waals surface area contributed by atoms with Gasteiger partial charge in [-0.15, -0.1) is 0 Å². The fourth-order valence-electron chi connectivity index (χ4n) is 4.67. The number of amides is 1. The van der Waals surface area contributed by atoms with E-state index in [0.717, 1.165) is 50.9 Å². The zero-order valence-electron chi connectivity index (χ0n) is 22.0. The third-order valence-corrected chi connectivity index (χ3v) is 6.81. The van der Waals surface area contributed by atoms with Gasteiger partial charge in [0.1, 0.15) is 5.76 Å². The standard InChI is InChI=1S/C29H37N3O5/c1-4-6-17-30(18-7-5-2)19-8-20-31-26(22-13-15-24(16-14-22)32(36)37)25(28(34)29(31)35)27(33)23-11-9-21(3)10-12-23/h9-16,26,33H,4-8,17-20H2,1-3H3/t26-/m0/s1. The Balaban J connectivity index is 1.94. The molecule has 1 atom stereocenters. The third kappa shape index (κ3) is 6.83. The number of nitro groups is 1. The number of non-ortho nitro benzene ring substituents is 1. The van der Waals surface area contributed by atoms with E-state index in [9.17, 15) is 24.8 Å². The molecule has 1 amide bonds. The number of hydrogen-bond acceptors (Lipinski definition) is 6. The molecule has 37 heavy (non-hydrogen) atoms. The van der Waals surface area contributed by atoms with Gasteiger partial charge in [0.15, 0.2) is 0 Å². The molecule has 1 N–H and O–H groups in total. The summed E-state index contributed by atoms with van der Waals surface area (Å²) in [6.07, 6.45) is 5.10. The second kappa shape index (κ2) is 13.1. The summed E-state index contributed by atoms with van der Waals surface area (Å²) in [5.41, 5.74) is 1.92. The molecule has 1 fully saturated rings. The summed E-state index contributed by atoms with van der Waals surface area (Å²) in [5, 5.41) is 22.3. The Morgan fingerprint density at radius 2 is 1.51 bits per heavy atom. The van der Waals surface area contributed by atoms with Crippen molar-refractivity contribution >= 4 is 23.1 Å². The van der Waals surface area contributed by atoms with Gasteiger partial charge >= 0.3 is 0 Å². The minimum absolute atomic E-state index is 0.0107. The first-order chi connectivity index (χ1) is 17.8. The summed E-state index contributed by atoms with van der Waals surface area (Å²) in [4.78, 5) is 41.0. The van der Waals surface area contributed by atoms with Gasteiger partial charge in [-0.05, 0) is 63.5 Å². The molecule has 1 heterocycles. The smallest absolute Gasteiger partial charge is 0.295 e.